The van der Waals surface area contributed by atoms with E-state index in [1.807, 2.05) is 0 Å². The number of carbonyl (C=O) groups excluding carboxylic acids is 2. The molecule has 0 bridgehead atoms. The smallest absolute Gasteiger partial charge is 0.351 e. The number of alkyl halides is 3. The van der Waals surface area contributed by atoms with Crippen LogP contribution >= 0.6 is 0 Å². The zero-order valence-electron chi connectivity index (χ0n) is 14.1. The first-order chi connectivity index (χ1) is 13.1. The minimum absolute atomic E-state index is 0.361. The second-order valence-corrected chi connectivity index (χ2v) is 5.72. The van der Waals surface area contributed by atoms with Crippen molar-refractivity contribution in [3.63, 3.8) is 0 Å². The Morgan fingerprint density at radius 3 is 2.11 bits per heavy atom. The van der Waals surface area contributed by atoms with Gasteiger partial charge in [-0.2, -0.15) is 13.2 Å². The quantitative estimate of drug-likeness (QED) is 0.723. The molecular formula is C18H14F6N2O2. The van der Waals surface area contributed by atoms with Crippen molar-refractivity contribution in [2.75, 3.05) is 6.54 Å². The van der Waals surface area contributed by atoms with Crippen LogP contribution in [0.15, 0.2) is 42.5 Å². The molecule has 2 aromatic carbocycles. The van der Waals surface area contributed by atoms with E-state index in [0.29, 0.717) is 6.07 Å². The normalized spacial score (nSPS) is 12.4. The van der Waals surface area contributed by atoms with E-state index >= 15 is 0 Å². The van der Waals surface area contributed by atoms with E-state index in [0.717, 1.165) is 36.4 Å². The summed E-state index contributed by atoms with van der Waals surface area (Å²) in [6.45, 7) is -0.379. The summed E-state index contributed by atoms with van der Waals surface area (Å²) in [5, 5.41) is 3.92. The molecule has 0 radical (unpaired) electrons. The number of hydrogen-bond donors (Lipinski definition) is 2. The van der Waals surface area contributed by atoms with Crippen LogP contribution in [0, 0.1) is 17.5 Å². The molecule has 2 N–H and O–H groups in total. The maximum absolute atomic E-state index is 13.5. The molecule has 10 heteroatoms. The van der Waals surface area contributed by atoms with Gasteiger partial charge in [-0.15, -0.1) is 0 Å². The molecule has 28 heavy (non-hydrogen) atoms. The van der Waals surface area contributed by atoms with Gasteiger partial charge >= 0.3 is 6.18 Å². The Hall–Kier alpha value is -3.04. The van der Waals surface area contributed by atoms with Crippen LogP contribution in [0.2, 0.25) is 0 Å². The maximum Gasteiger partial charge on any atom is 0.412 e. The molecule has 0 aliphatic heterocycles. The van der Waals surface area contributed by atoms with Crippen molar-refractivity contribution in [3.8, 4) is 0 Å². The first kappa shape index (κ1) is 21.3. The molecule has 2 aromatic rings. The molecular weight excluding hydrogens is 390 g/mol. The molecule has 2 rings (SSSR count). The Kier molecular flexibility index (Phi) is 6.66. The van der Waals surface area contributed by atoms with Gasteiger partial charge in [0.05, 0.1) is 5.56 Å². The fourth-order valence-corrected chi connectivity index (χ4v) is 2.30. The molecule has 2 amide bonds. The summed E-state index contributed by atoms with van der Waals surface area (Å²) in [5.74, 6) is -4.71. The summed E-state index contributed by atoms with van der Waals surface area (Å²) < 4.78 is 78.7. The van der Waals surface area contributed by atoms with Gasteiger partial charge in [-0.05, 0) is 29.8 Å². The van der Waals surface area contributed by atoms with Crippen molar-refractivity contribution in [1.82, 2.24) is 10.6 Å². The highest BCUT2D eigenvalue weighted by Gasteiger charge is 2.41. The van der Waals surface area contributed by atoms with Crippen LogP contribution in [-0.2, 0) is 4.79 Å². The lowest BCUT2D eigenvalue weighted by atomic mass is 10.1. The minimum atomic E-state index is -4.83. The van der Waals surface area contributed by atoms with Crippen LogP contribution in [-0.4, -0.2) is 24.5 Å². The van der Waals surface area contributed by atoms with E-state index in [1.165, 1.54) is 0 Å². The number of nitrogens with one attached hydrogen (secondary N) is 2. The monoisotopic (exact) mass is 404 g/mol. The Morgan fingerprint density at radius 2 is 1.54 bits per heavy atom. The summed E-state index contributed by atoms with van der Waals surface area (Å²) in [6.07, 6.45) is -5.35. The predicted octanol–water partition coefficient (Wildman–Crippen LogP) is 3.64. The summed E-state index contributed by atoms with van der Waals surface area (Å²) in [7, 11) is 0. The molecule has 0 saturated carbocycles. The average molecular weight is 404 g/mol. The van der Waals surface area contributed by atoms with Gasteiger partial charge in [-0.3, -0.25) is 9.59 Å². The lowest BCUT2D eigenvalue weighted by Crippen LogP contribution is -2.39. The van der Waals surface area contributed by atoms with Gasteiger partial charge in [0, 0.05) is 19.0 Å². The van der Waals surface area contributed by atoms with Crippen LogP contribution < -0.4 is 10.6 Å². The van der Waals surface area contributed by atoms with Crippen LogP contribution in [0.3, 0.4) is 0 Å². The third-order valence-corrected chi connectivity index (χ3v) is 3.65. The first-order valence-electron chi connectivity index (χ1n) is 7.92. The summed E-state index contributed by atoms with van der Waals surface area (Å²) in [5.41, 5.74) is -0.832. The topological polar surface area (TPSA) is 58.2 Å². The molecule has 0 heterocycles. The second-order valence-electron chi connectivity index (χ2n) is 5.72. The SMILES string of the molecule is O=C(CCNC(=O)c1ccc(F)cc1F)NC(c1ccc(F)cc1)C(F)(F)F. The van der Waals surface area contributed by atoms with Gasteiger partial charge in [-0.25, -0.2) is 13.2 Å². The Balaban J connectivity index is 1.94. The van der Waals surface area contributed by atoms with E-state index in [9.17, 15) is 35.9 Å². The maximum atomic E-state index is 13.5. The molecule has 0 aromatic heterocycles. The number of benzene rings is 2. The van der Waals surface area contributed by atoms with Crippen molar-refractivity contribution >= 4 is 11.8 Å². The molecule has 1 atom stereocenters. The first-order valence-corrected chi connectivity index (χ1v) is 7.92. The van der Waals surface area contributed by atoms with E-state index in [4.69, 9.17) is 0 Å². The van der Waals surface area contributed by atoms with E-state index in [-0.39, 0.29) is 12.1 Å². The summed E-state index contributed by atoms with van der Waals surface area (Å²) >= 11 is 0. The second kappa shape index (κ2) is 8.77. The molecule has 0 saturated heterocycles. The summed E-state index contributed by atoms with van der Waals surface area (Å²) in [4.78, 5) is 23.6. The van der Waals surface area contributed by atoms with Gasteiger partial charge in [0.2, 0.25) is 5.91 Å². The molecule has 0 spiro atoms. The van der Waals surface area contributed by atoms with Crippen molar-refractivity contribution in [2.24, 2.45) is 0 Å². The Labute approximate surface area is 155 Å². The van der Waals surface area contributed by atoms with Gasteiger partial charge in [0.25, 0.3) is 5.91 Å². The van der Waals surface area contributed by atoms with E-state index in [2.05, 4.69) is 5.32 Å². The number of amides is 2. The predicted molar refractivity (Wildman–Crippen MR) is 86.6 cm³/mol. The molecule has 4 nitrogen and oxygen atoms in total. The zero-order valence-corrected chi connectivity index (χ0v) is 14.1. The van der Waals surface area contributed by atoms with Crippen LogP contribution in [0.1, 0.15) is 28.4 Å². The largest absolute Gasteiger partial charge is 0.412 e. The Bertz CT molecular complexity index is 852. The fourth-order valence-electron chi connectivity index (χ4n) is 2.30. The zero-order chi connectivity index (χ0) is 20.9. The van der Waals surface area contributed by atoms with Crippen molar-refractivity contribution in [3.05, 3.63) is 71.0 Å². The van der Waals surface area contributed by atoms with Crippen molar-refractivity contribution < 1.29 is 35.9 Å². The number of carbonyl (C=O) groups is 2. The number of rotatable bonds is 6. The fraction of sp³-hybridized carbons (Fsp3) is 0.222. The van der Waals surface area contributed by atoms with E-state index < -0.39 is 53.5 Å². The highest BCUT2D eigenvalue weighted by atomic mass is 19.4. The standard InChI is InChI=1S/C18H14F6N2O2/c19-11-3-1-10(2-4-11)16(18(22,23)24)26-15(27)7-8-25-17(28)13-6-5-12(20)9-14(13)21/h1-6,9,16H,7-8H2,(H,25,28)(H,26,27). The van der Waals surface area contributed by atoms with Crippen LogP contribution in [0.25, 0.3) is 0 Å². The summed E-state index contributed by atoms with van der Waals surface area (Å²) in [6, 6.07) is 3.36. The molecule has 0 fully saturated rings. The highest BCUT2D eigenvalue weighted by molar-refractivity contribution is 5.94. The lowest BCUT2D eigenvalue weighted by molar-refractivity contribution is -0.163. The minimum Gasteiger partial charge on any atom is -0.351 e. The van der Waals surface area contributed by atoms with Crippen LogP contribution in [0.4, 0.5) is 26.3 Å². The Morgan fingerprint density at radius 1 is 0.929 bits per heavy atom. The molecule has 150 valence electrons. The molecule has 1 unspecified atom stereocenters. The van der Waals surface area contributed by atoms with Gasteiger partial charge in [-0.1, -0.05) is 12.1 Å². The van der Waals surface area contributed by atoms with Gasteiger partial charge < -0.3 is 10.6 Å². The third kappa shape index (κ3) is 5.73. The third-order valence-electron chi connectivity index (χ3n) is 3.65. The highest BCUT2D eigenvalue weighted by Crippen LogP contribution is 2.32. The van der Waals surface area contributed by atoms with Gasteiger partial charge in [0.1, 0.15) is 17.5 Å². The molecule has 0 aliphatic carbocycles. The van der Waals surface area contributed by atoms with Crippen LogP contribution in [0.5, 0.6) is 0 Å². The van der Waals surface area contributed by atoms with Crippen molar-refractivity contribution in [2.45, 2.75) is 18.6 Å². The molecule has 0 aliphatic rings. The van der Waals surface area contributed by atoms with E-state index in [1.54, 1.807) is 5.32 Å². The van der Waals surface area contributed by atoms with Gasteiger partial charge in [0.15, 0.2) is 6.04 Å². The number of halogens is 6. The average Bonchev–Trinajstić information content (AvgIpc) is 2.59. The lowest BCUT2D eigenvalue weighted by Gasteiger charge is -2.22. The number of hydrogen-bond acceptors (Lipinski definition) is 2. The van der Waals surface area contributed by atoms with Crippen molar-refractivity contribution in [1.29, 1.82) is 0 Å².